The molecule has 130 valence electrons. The number of aryl methyl sites for hydroxylation is 1. The Balaban J connectivity index is 1.77. The molecule has 2 heterocycles. The Morgan fingerprint density at radius 2 is 1.88 bits per heavy atom. The molecular formula is C22H21N3O. The molecule has 3 aromatic rings. The second-order valence-corrected chi connectivity index (χ2v) is 6.65. The fourth-order valence-electron chi connectivity index (χ4n) is 3.39. The summed E-state index contributed by atoms with van der Waals surface area (Å²) in [7, 11) is 0. The number of carbonyl (C=O) groups is 1. The summed E-state index contributed by atoms with van der Waals surface area (Å²) in [5, 5.41) is 8.73. The van der Waals surface area contributed by atoms with Crippen LogP contribution in [0.3, 0.4) is 0 Å². The molecule has 0 radical (unpaired) electrons. The highest BCUT2D eigenvalue weighted by molar-refractivity contribution is 6.03. The van der Waals surface area contributed by atoms with E-state index >= 15 is 0 Å². The summed E-state index contributed by atoms with van der Waals surface area (Å²) in [5.41, 5.74) is 3.80. The number of nitrogens with zero attached hydrogens (tertiary/aromatic N) is 3. The van der Waals surface area contributed by atoms with Gasteiger partial charge >= 0.3 is 0 Å². The molecule has 0 atom stereocenters. The normalized spacial score (nSPS) is 15.0. The van der Waals surface area contributed by atoms with Crippen LogP contribution in [0.4, 0.5) is 0 Å². The van der Waals surface area contributed by atoms with Crippen molar-refractivity contribution in [3.63, 3.8) is 0 Å². The van der Waals surface area contributed by atoms with Gasteiger partial charge in [0.1, 0.15) is 0 Å². The Morgan fingerprint density at radius 3 is 2.69 bits per heavy atom. The van der Waals surface area contributed by atoms with Gasteiger partial charge in [-0.05, 0) is 41.8 Å². The van der Waals surface area contributed by atoms with Crippen LogP contribution in [0.5, 0.6) is 0 Å². The molecule has 0 saturated carbocycles. The monoisotopic (exact) mass is 343 g/mol. The molecule has 1 saturated heterocycles. The van der Waals surface area contributed by atoms with Gasteiger partial charge < -0.3 is 0 Å². The van der Waals surface area contributed by atoms with Gasteiger partial charge in [-0.1, -0.05) is 48.5 Å². The molecule has 0 bridgehead atoms. The molecule has 0 N–H and O–H groups in total. The Bertz CT molecular complexity index is 988. The summed E-state index contributed by atoms with van der Waals surface area (Å²) in [6.07, 6.45) is 2.08. The quantitative estimate of drug-likeness (QED) is 0.669. The van der Waals surface area contributed by atoms with Crippen molar-refractivity contribution in [2.75, 3.05) is 6.54 Å². The third-order valence-electron chi connectivity index (χ3n) is 4.71. The zero-order chi connectivity index (χ0) is 17.9. The zero-order valence-corrected chi connectivity index (χ0v) is 14.9. The Morgan fingerprint density at radius 1 is 1.08 bits per heavy atom. The zero-order valence-electron chi connectivity index (χ0n) is 14.9. The fourth-order valence-corrected chi connectivity index (χ4v) is 3.39. The summed E-state index contributed by atoms with van der Waals surface area (Å²) in [4.78, 5) is 16.7. The topological polar surface area (TPSA) is 45.6 Å². The number of benzene rings is 2. The van der Waals surface area contributed by atoms with E-state index < -0.39 is 0 Å². The second kappa shape index (κ2) is 7.08. The number of hydrogen-bond acceptors (Lipinski definition) is 3. The fraction of sp³-hybridized carbons (Fsp3) is 0.227. The van der Waals surface area contributed by atoms with Crippen LogP contribution in [0.1, 0.15) is 29.8 Å². The van der Waals surface area contributed by atoms with Crippen molar-refractivity contribution in [3.05, 3.63) is 77.6 Å². The molecule has 0 unspecified atom stereocenters. The van der Waals surface area contributed by atoms with Crippen LogP contribution in [0.15, 0.2) is 65.8 Å². The predicted molar refractivity (Wildman–Crippen MR) is 104 cm³/mol. The first-order chi connectivity index (χ1) is 12.7. The van der Waals surface area contributed by atoms with Gasteiger partial charge in [-0.25, -0.2) is 5.01 Å². The second-order valence-electron chi connectivity index (χ2n) is 6.65. The number of hydrogen-bond donors (Lipinski definition) is 0. The van der Waals surface area contributed by atoms with Crippen LogP contribution in [0.25, 0.3) is 10.8 Å². The molecule has 1 aliphatic heterocycles. The van der Waals surface area contributed by atoms with Gasteiger partial charge in [0.25, 0.3) is 0 Å². The van der Waals surface area contributed by atoms with Gasteiger partial charge in [-0.3, -0.25) is 9.78 Å². The number of pyridine rings is 1. The van der Waals surface area contributed by atoms with Crippen molar-refractivity contribution in [2.24, 2.45) is 5.10 Å². The smallest absolute Gasteiger partial charge is 0.242 e. The lowest BCUT2D eigenvalue weighted by Gasteiger charge is -2.14. The molecule has 1 aliphatic rings. The summed E-state index contributed by atoms with van der Waals surface area (Å²) < 4.78 is 0. The number of fused-ring (bicyclic) bond motifs is 1. The lowest BCUT2D eigenvalue weighted by atomic mass is 9.99. The summed E-state index contributed by atoms with van der Waals surface area (Å²) in [6.45, 7) is 2.66. The average Bonchev–Trinajstić information content (AvgIpc) is 3.06. The van der Waals surface area contributed by atoms with Crippen molar-refractivity contribution < 1.29 is 4.79 Å². The van der Waals surface area contributed by atoms with Gasteiger partial charge in [-0.15, -0.1) is 0 Å². The van der Waals surface area contributed by atoms with E-state index in [1.54, 1.807) is 5.01 Å². The standard InChI is InChI=1S/C22H21N3O/c1-16-7-4-12-20(23-16)21(24-25-14-6-13-22(25)26)15-18-10-5-9-17-8-2-3-11-19(17)18/h2-5,7-12H,6,13-15H2,1H3/b24-21+. The first-order valence-corrected chi connectivity index (χ1v) is 8.99. The molecule has 4 rings (SSSR count). The van der Waals surface area contributed by atoms with E-state index in [2.05, 4.69) is 41.4 Å². The Kier molecular flexibility index (Phi) is 4.48. The van der Waals surface area contributed by atoms with E-state index in [1.807, 2.05) is 31.2 Å². The number of rotatable bonds is 4. The Hall–Kier alpha value is -3.01. The van der Waals surface area contributed by atoms with Gasteiger partial charge in [0.2, 0.25) is 5.91 Å². The summed E-state index contributed by atoms with van der Waals surface area (Å²) in [5.74, 6) is 0.0908. The molecule has 2 aromatic carbocycles. The van der Waals surface area contributed by atoms with Crippen molar-refractivity contribution in [2.45, 2.75) is 26.2 Å². The third kappa shape index (κ3) is 3.36. The highest BCUT2D eigenvalue weighted by Gasteiger charge is 2.21. The molecule has 26 heavy (non-hydrogen) atoms. The van der Waals surface area contributed by atoms with Gasteiger partial charge in [0.15, 0.2) is 0 Å². The molecule has 4 nitrogen and oxygen atoms in total. The number of hydrazone groups is 1. The minimum Gasteiger partial charge on any atom is -0.273 e. The maximum atomic E-state index is 12.1. The number of carbonyl (C=O) groups excluding carboxylic acids is 1. The van der Waals surface area contributed by atoms with Crippen LogP contribution >= 0.6 is 0 Å². The van der Waals surface area contributed by atoms with Crippen LogP contribution in [-0.4, -0.2) is 28.2 Å². The molecular weight excluding hydrogens is 322 g/mol. The predicted octanol–water partition coefficient (Wildman–Crippen LogP) is 4.11. The SMILES string of the molecule is Cc1cccc(/C(Cc2cccc3ccccc23)=N/N2CCCC2=O)n1. The maximum absolute atomic E-state index is 12.1. The molecule has 1 fully saturated rings. The van der Waals surface area contributed by atoms with Crippen LogP contribution < -0.4 is 0 Å². The van der Waals surface area contributed by atoms with Gasteiger partial charge in [-0.2, -0.15) is 5.10 Å². The van der Waals surface area contributed by atoms with Crippen molar-refractivity contribution in [3.8, 4) is 0 Å². The van der Waals surface area contributed by atoms with E-state index in [1.165, 1.54) is 16.3 Å². The molecule has 0 aliphatic carbocycles. The highest BCUT2D eigenvalue weighted by atomic mass is 16.2. The molecule has 1 aromatic heterocycles. The van der Waals surface area contributed by atoms with Crippen molar-refractivity contribution >= 4 is 22.4 Å². The summed E-state index contributed by atoms with van der Waals surface area (Å²) in [6, 6.07) is 20.6. The molecule has 1 amide bonds. The number of amides is 1. The van der Waals surface area contributed by atoms with Gasteiger partial charge in [0.05, 0.1) is 11.4 Å². The van der Waals surface area contributed by atoms with E-state index in [9.17, 15) is 4.79 Å². The van der Waals surface area contributed by atoms with E-state index in [0.29, 0.717) is 19.4 Å². The van der Waals surface area contributed by atoms with Crippen LogP contribution in [0.2, 0.25) is 0 Å². The molecule has 0 spiro atoms. The first-order valence-electron chi connectivity index (χ1n) is 8.99. The van der Waals surface area contributed by atoms with Crippen molar-refractivity contribution in [1.82, 2.24) is 9.99 Å². The Labute approximate surface area is 153 Å². The molecule has 4 heteroatoms. The lowest BCUT2D eigenvalue weighted by molar-refractivity contribution is -0.127. The largest absolute Gasteiger partial charge is 0.273 e. The third-order valence-corrected chi connectivity index (χ3v) is 4.71. The average molecular weight is 343 g/mol. The minimum atomic E-state index is 0.0908. The maximum Gasteiger partial charge on any atom is 0.242 e. The van der Waals surface area contributed by atoms with Crippen molar-refractivity contribution in [1.29, 1.82) is 0 Å². The van der Waals surface area contributed by atoms with Gasteiger partial charge in [0, 0.05) is 25.1 Å². The highest BCUT2D eigenvalue weighted by Crippen LogP contribution is 2.21. The van der Waals surface area contributed by atoms with E-state index in [0.717, 1.165) is 23.5 Å². The minimum absolute atomic E-state index is 0.0908. The van der Waals surface area contributed by atoms with Crippen LogP contribution in [-0.2, 0) is 11.2 Å². The van der Waals surface area contributed by atoms with E-state index in [4.69, 9.17) is 5.10 Å². The number of aromatic nitrogens is 1. The first kappa shape index (κ1) is 16.5. The van der Waals surface area contributed by atoms with E-state index in [-0.39, 0.29) is 5.91 Å². The lowest BCUT2D eigenvalue weighted by Crippen LogP contribution is -2.22. The van der Waals surface area contributed by atoms with Crippen LogP contribution in [0, 0.1) is 6.92 Å². The summed E-state index contributed by atoms with van der Waals surface area (Å²) >= 11 is 0.